The number of rotatable bonds is 5. The third-order valence-corrected chi connectivity index (χ3v) is 4.45. The van der Waals surface area contributed by atoms with Crippen molar-refractivity contribution in [2.45, 2.75) is 31.7 Å². The molecule has 0 atom stereocenters. The number of hydrogen-bond donors (Lipinski definition) is 2. The topological polar surface area (TPSA) is 66.5 Å². The van der Waals surface area contributed by atoms with Crippen LogP contribution in [-0.2, 0) is 6.54 Å². The number of benzene rings is 1. The molecule has 5 nitrogen and oxygen atoms in total. The summed E-state index contributed by atoms with van der Waals surface area (Å²) in [5, 5.41) is 10.2. The Balaban J connectivity index is 1.41. The molecule has 1 saturated carbocycles. The molecule has 0 saturated heterocycles. The quantitative estimate of drug-likeness (QED) is 0.753. The Kier molecular flexibility index (Phi) is 3.76. The van der Waals surface area contributed by atoms with Crippen LogP contribution in [0.25, 0.3) is 11.4 Å². The van der Waals surface area contributed by atoms with Crippen LogP contribution < -0.4 is 5.32 Å². The average Bonchev–Trinajstić information content (AvgIpc) is 3.07. The predicted molar refractivity (Wildman–Crippen MR) is 90.0 cm³/mol. The Morgan fingerprint density at radius 3 is 2.78 bits per heavy atom. The molecule has 0 radical (unpaired) electrons. The summed E-state index contributed by atoms with van der Waals surface area (Å²) in [5.41, 5.74) is 4.50. The molecule has 0 amide bonds. The molecule has 0 spiro atoms. The van der Waals surface area contributed by atoms with Crippen molar-refractivity contribution >= 4 is 5.69 Å². The van der Waals surface area contributed by atoms with Gasteiger partial charge in [0.2, 0.25) is 0 Å². The zero-order valence-corrected chi connectivity index (χ0v) is 12.9. The summed E-state index contributed by atoms with van der Waals surface area (Å²) >= 11 is 0. The summed E-state index contributed by atoms with van der Waals surface area (Å²) in [5.74, 6) is 1.51. The lowest BCUT2D eigenvalue weighted by Crippen LogP contribution is -2.09. The van der Waals surface area contributed by atoms with E-state index >= 15 is 0 Å². The van der Waals surface area contributed by atoms with E-state index in [1.807, 2.05) is 24.4 Å². The summed E-state index contributed by atoms with van der Waals surface area (Å²) in [6, 6.07) is 12.5. The third-order valence-electron chi connectivity index (χ3n) is 4.45. The molecule has 1 aromatic carbocycles. The van der Waals surface area contributed by atoms with Crippen molar-refractivity contribution in [1.29, 1.82) is 0 Å². The number of hydrogen-bond acceptors (Lipinski definition) is 4. The van der Waals surface area contributed by atoms with Gasteiger partial charge in [-0.1, -0.05) is 24.6 Å². The van der Waals surface area contributed by atoms with Gasteiger partial charge in [-0.3, -0.25) is 10.1 Å². The van der Waals surface area contributed by atoms with Crippen LogP contribution in [0.1, 0.15) is 36.4 Å². The molecule has 2 heterocycles. The van der Waals surface area contributed by atoms with Crippen LogP contribution in [0.5, 0.6) is 0 Å². The Morgan fingerprint density at radius 2 is 2.09 bits per heavy atom. The van der Waals surface area contributed by atoms with Gasteiger partial charge in [0.15, 0.2) is 5.82 Å². The zero-order chi connectivity index (χ0) is 15.5. The Morgan fingerprint density at radius 1 is 1.13 bits per heavy atom. The lowest BCUT2D eigenvalue weighted by atomic mass is 9.81. The molecule has 2 aromatic heterocycles. The number of anilines is 1. The SMILES string of the molecule is c1cc(NCc2ccc(C3CCC3)cn2)cc(-c2ncn[nH]2)c1. The Hall–Kier alpha value is -2.69. The fourth-order valence-electron chi connectivity index (χ4n) is 2.84. The van der Waals surface area contributed by atoms with Crippen LogP contribution in [-0.4, -0.2) is 20.2 Å². The number of pyridine rings is 1. The van der Waals surface area contributed by atoms with Crippen molar-refractivity contribution in [3.8, 4) is 11.4 Å². The molecule has 1 aliphatic carbocycles. The molecule has 1 fully saturated rings. The molecule has 4 rings (SSSR count). The van der Waals surface area contributed by atoms with E-state index in [2.05, 4.69) is 43.7 Å². The van der Waals surface area contributed by atoms with E-state index in [4.69, 9.17) is 0 Å². The first-order valence-electron chi connectivity index (χ1n) is 8.03. The second-order valence-corrected chi connectivity index (χ2v) is 5.98. The van der Waals surface area contributed by atoms with Gasteiger partial charge >= 0.3 is 0 Å². The summed E-state index contributed by atoms with van der Waals surface area (Å²) in [6.45, 7) is 0.713. The van der Waals surface area contributed by atoms with Gasteiger partial charge < -0.3 is 5.32 Å². The molecule has 5 heteroatoms. The summed E-state index contributed by atoms with van der Waals surface area (Å²) in [4.78, 5) is 8.76. The van der Waals surface area contributed by atoms with Gasteiger partial charge in [0.05, 0.1) is 12.2 Å². The maximum Gasteiger partial charge on any atom is 0.155 e. The predicted octanol–water partition coefficient (Wildman–Crippen LogP) is 3.75. The van der Waals surface area contributed by atoms with Gasteiger partial charge in [-0.15, -0.1) is 0 Å². The van der Waals surface area contributed by atoms with Crippen LogP contribution in [0.2, 0.25) is 0 Å². The first-order valence-corrected chi connectivity index (χ1v) is 8.03. The molecular formula is C18H19N5. The molecule has 0 unspecified atom stereocenters. The smallest absolute Gasteiger partial charge is 0.155 e. The largest absolute Gasteiger partial charge is 0.379 e. The molecule has 23 heavy (non-hydrogen) atoms. The summed E-state index contributed by atoms with van der Waals surface area (Å²) in [6.07, 6.45) is 7.53. The molecule has 2 N–H and O–H groups in total. The number of aromatic amines is 1. The lowest BCUT2D eigenvalue weighted by molar-refractivity contribution is 0.418. The van der Waals surface area contributed by atoms with Gasteiger partial charge in [0.25, 0.3) is 0 Å². The highest BCUT2D eigenvalue weighted by Gasteiger charge is 2.19. The lowest BCUT2D eigenvalue weighted by Gasteiger charge is -2.25. The number of nitrogens with zero attached hydrogens (tertiary/aromatic N) is 3. The standard InChI is InChI=1S/C18H19N5/c1-3-13(4-1)15-7-8-17(19-10-15)11-20-16-6-2-5-14(9-16)18-21-12-22-23-18/h2,5-10,12-13,20H,1,3-4,11H2,(H,21,22,23). The van der Waals surface area contributed by atoms with Gasteiger partial charge in [-0.05, 0) is 42.5 Å². The van der Waals surface area contributed by atoms with E-state index in [0.29, 0.717) is 6.54 Å². The first kappa shape index (κ1) is 13.9. The van der Waals surface area contributed by atoms with Crippen molar-refractivity contribution in [2.24, 2.45) is 0 Å². The second kappa shape index (κ2) is 6.20. The van der Waals surface area contributed by atoms with Crippen LogP contribution >= 0.6 is 0 Å². The van der Waals surface area contributed by atoms with Crippen molar-refractivity contribution in [1.82, 2.24) is 20.2 Å². The monoisotopic (exact) mass is 305 g/mol. The highest BCUT2D eigenvalue weighted by Crippen LogP contribution is 2.35. The average molecular weight is 305 g/mol. The maximum atomic E-state index is 4.58. The maximum absolute atomic E-state index is 4.58. The number of H-pyrrole nitrogens is 1. The highest BCUT2D eigenvalue weighted by molar-refractivity contribution is 5.61. The van der Waals surface area contributed by atoms with Crippen molar-refractivity contribution in [3.63, 3.8) is 0 Å². The zero-order valence-electron chi connectivity index (χ0n) is 12.9. The van der Waals surface area contributed by atoms with Crippen LogP contribution in [0, 0.1) is 0 Å². The third kappa shape index (κ3) is 3.08. The van der Waals surface area contributed by atoms with Crippen molar-refractivity contribution < 1.29 is 0 Å². The van der Waals surface area contributed by atoms with Crippen LogP contribution in [0.4, 0.5) is 5.69 Å². The van der Waals surface area contributed by atoms with Crippen LogP contribution in [0.3, 0.4) is 0 Å². The molecule has 1 aliphatic rings. The van der Waals surface area contributed by atoms with E-state index in [-0.39, 0.29) is 0 Å². The minimum absolute atomic E-state index is 0.713. The highest BCUT2D eigenvalue weighted by atomic mass is 15.2. The molecule has 116 valence electrons. The first-order chi connectivity index (χ1) is 11.4. The summed E-state index contributed by atoms with van der Waals surface area (Å²) in [7, 11) is 0. The summed E-state index contributed by atoms with van der Waals surface area (Å²) < 4.78 is 0. The normalized spacial score (nSPS) is 14.4. The second-order valence-electron chi connectivity index (χ2n) is 5.98. The van der Waals surface area contributed by atoms with Crippen molar-refractivity contribution in [3.05, 3.63) is 60.2 Å². The van der Waals surface area contributed by atoms with E-state index in [9.17, 15) is 0 Å². The van der Waals surface area contributed by atoms with Gasteiger partial charge in [0, 0.05) is 17.4 Å². The Labute approximate surface area is 135 Å². The van der Waals surface area contributed by atoms with Crippen molar-refractivity contribution in [2.75, 3.05) is 5.32 Å². The minimum atomic E-state index is 0.713. The fraction of sp³-hybridized carbons (Fsp3) is 0.278. The van der Waals surface area contributed by atoms with E-state index in [1.165, 1.54) is 31.2 Å². The number of aromatic nitrogens is 4. The van der Waals surface area contributed by atoms with Gasteiger partial charge in [-0.2, -0.15) is 5.10 Å². The van der Waals surface area contributed by atoms with Crippen LogP contribution in [0.15, 0.2) is 48.9 Å². The van der Waals surface area contributed by atoms with E-state index < -0.39 is 0 Å². The molecular weight excluding hydrogens is 286 g/mol. The molecule has 0 bridgehead atoms. The molecule has 3 aromatic rings. The minimum Gasteiger partial charge on any atom is -0.379 e. The van der Waals surface area contributed by atoms with E-state index in [0.717, 1.165) is 28.7 Å². The van der Waals surface area contributed by atoms with Gasteiger partial charge in [-0.25, -0.2) is 4.98 Å². The Bertz CT molecular complexity index is 760. The number of nitrogens with one attached hydrogen (secondary N) is 2. The van der Waals surface area contributed by atoms with E-state index in [1.54, 1.807) is 0 Å². The fourth-order valence-corrected chi connectivity index (χ4v) is 2.84. The van der Waals surface area contributed by atoms with Gasteiger partial charge in [0.1, 0.15) is 6.33 Å². The molecule has 0 aliphatic heterocycles.